The van der Waals surface area contributed by atoms with E-state index in [9.17, 15) is 5.11 Å². The second-order valence-corrected chi connectivity index (χ2v) is 9.55. The molecular formula is C21H31N2O+. The molecule has 1 saturated carbocycles. The molecule has 0 bridgehead atoms. The van der Waals surface area contributed by atoms with Crippen LogP contribution in [0.5, 0.6) is 5.75 Å². The standard InChI is InChI=1S/C21H30N2O/c1-20(2,3)16-12-14(13-17(19(16)24)21(4,5)6)18-10-11-23(7,22-18)15-8-9-15/h10-13,15H,8-9H2,1-7H3/p+1. The van der Waals surface area contributed by atoms with Gasteiger partial charge in [-0.05, 0) is 23.0 Å². The van der Waals surface area contributed by atoms with Crippen LogP contribution in [0, 0.1) is 0 Å². The SMILES string of the molecule is CC(C)(C)c1cc(C2=N[N+](C)(C3CC3)C=C2)cc(C(C)(C)C)c1O. The fourth-order valence-corrected chi connectivity index (χ4v) is 3.40. The van der Waals surface area contributed by atoms with Gasteiger partial charge >= 0.3 is 0 Å². The van der Waals surface area contributed by atoms with Gasteiger partial charge in [-0.15, -0.1) is 0 Å². The lowest BCUT2D eigenvalue weighted by Crippen LogP contribution is -2.32. The molecular weight excluding hydrogens is 296 g/mol. The van der Waals surface area contributed by atoms with Gasteiger partial charge in [-0.2, -0.15) is 4.59 Å². The number of aromatic hydroxyl groups is 1. The number of nitrogens with zero attached hydrogens (tertiary/aromatic N) is 2. The number of allylic oxidation sites excluding steroid dienone is 1. The summed E-state index contributed by atoms with van der Waals surface area (Å²) in [4.78, 5) is 0. The van der Waals surface area contributed by atoms with Gasteiger partial charge in [0.15, 0.2) is 0 Å². The summed E-state index contributed by atoms with van der Waals surface area (Å²) in [6, 6.07) is 4.88. The zero-order valence-electron chi connectivity index (χ0n) is 16.1. The first kappa shape index (κ1) is 17.2. The molecule has 3 nitrogen and oxygen atoms in total. The maximum atomic E-state index is 10.9. The molecule has 1 aromatic carbocycles. The Hall–Kier alpha value is -1.61. The summed E-state index contributed by atoms with van der Waals surface area (Å²) < 4.78 is 0.673. The van der Waals surface area contributed by atoms with E-state index in [0.717, 1.165) is 22.4 Å². The van der Waals surface area contributed by atoms with Crippen molar-refractivity contribution in [1.82, 2.24) is 0 Å². The maximum Gasteiger partial charge on any atom is 0.132 e. The van der Waals surface area contributed by atoms with Gasteiger partial charge in [0.1, 0.15) is 23.7 Å². The van der Waals surface area contributed by atoms with E-state index in [2.05, 4.69) is 73.0 Å². The highest BCUT2D eigenvalue weighted by atomic mass is 16.3. The fourth-order valence-electron chi connectivity index (χ4n) is 3.40. The van der Waals surface area contributed by atoms with Crippen LogP contribution in [0.1, 0.15) is 71.1 Å². The molecule has 0 saturated heterocycles. The minimum absolute atomic E-state index is 0.113. The lowest BCUT2D eigenvalue weighted by molar-refractivity contribution is -0.875. The Labute approximate surface area is 146 Å². The Balaban J connectivity index is 2.14. The molecule has 0 radical (unpaired) electrons. The van der Waals surface area contributed by atoms with Gasteiger partial charge in [0.05, 0.1) is 7.05 Å². The van der Waals surface area contributed by atoms with Gasteiger partial charge in [0.25, 0.3) is 0 Å². The van der Waals surface area contributed by atoms with Gasteiger partial charge in [-0.3, -0.25) is 0 Å². The van der Waals surface area contributed by atoms with Crippen molar-refractivity contribution in [3.8, 4) is 5.75 Å². The number of hydrogen-bond donors (Lipinski definition) is 1. The van der Waals surface area contributed by atoms with Gasteiger partial charge in [-0.25, -0.2) is 0 Å². The summed E-state index contributed by atoms with van der Waals surface area (Å²) in [6.07, 6.45) is 6.86. The first-order valence-corrected chi connectivity index (χ1v) is 8.95. The zero-order chi connectivity index (χ0) is 17.9. The molecule has 0 aromatic heterocycles. The average molecular weight is 327 g/mol. The van der Waals surface area contributed by atoms with Crippen molar-refractivity contribution in [2.24, 2.45) is 5.10 Å². The molecule has 1 heterocycles. The van der Waals surface area contributed by atoms with Gasteiger partial charge in [0.2, 0.25) is 0 Å². The molecule has 3 rings (SSSR count). The van der Waals surface area contributed by atoms with Gasteiger partial charge in [-0.1, -0.05) is 46.6 Å². The summed E-state index contributed by atoms with van der Waals surface area (Å²) in [7, 11) is 2.18. The number of phenolic OH excluding ortho intramolecular Hbond substituents is 1. The Morgan fingerprint density at radius 3 is 1.92 bits per heavy atom. The molecule has 1 aliphatic heterocycles. The molecule has 1 fully saturated rings. The fraction of sp³-hybridized carbons (Fsp3) is 0.571. The van der Waals surface area contributed by atoms with E-state index in [0.29, 0.717) is 16.4 Å². The highest BCUT2D eigenvalue weighted by Crippen LogP contribution is 2.41. The normalized spacial score (nSPS) is 24.4. The number of benzene rings is 1. The maximum absolute atomic E-state index is 10.9. The van der Waals surface area contributed by atoms with E-state index in [1.165, 1.54) is 12.8 Å². The van der Waals surface area contributed by atoms with Crippen LogP contribution in [0.3, 0.4) is 0 Å². The number of quaternary nitrogens is 1. The molecule has 130 valence electrons. The van der Waals surface area contributed by atoms with Crippen molar-refractivity contribution in [3.05, 3.63) is 41.1 Å². The molecule has 3 heteroatoms. The molecule has 1 N–H and O–H groups in total. The largest absolute Gasteiger partial charge is 0.507 e. The van der Waals surface area contributed by atoms with Gasteiger partial charge in [0, 0.05) is 35.6 Å². The highest BCUT2D eigenvalue weighted by Gasteiger charge is 2.43. The van der Waals surface area contributed by atoms with Crippen LogP contribution in [-0.4, -0.2) is 28.5 Å². The Morgan fingerprint density at radius 2 is 1.50 bits per heavy atom. The first-order chi connectivity index (χ1) is 10.9. The Kier molecular flexibility index (Phi) is 3.72. The lowest BCUT2D eigenvalue weighted by atomic mass is 9.78. The first-order valence-electron chi connectivity index (χ1n) is 8.95. The third kappa shape index (κ3) is 3.02. The summed E-state index contributed by atoms with van der Waals surface area (Å²) in [5.41, 5.74) is 3.90. The Bertz CT molecular complexity index is 692. The van der Waals surface area contributed by atoms with E-state index in [-0.39, 0.29) is 10.8 Å². The van der Waals surface area contributed by atoms with E-state index in [1.807, 2.05) is 0 Å². The van der Waals surface area contributed by atoms with E-state index in [4.69, 9.17) is 5.10 Å². The second kappa shape index (κ2) is 5.19. The molecule has 1 atom stereocenters. The van der Waals surface area contributed by atoms with Crippen LogP contribution in [0.15, 0.2) is 29.5 Å². The highest BCUT2D eigenvalue weighted by molar-refractivity contribution is 6.09. The van der Waals surface area contributed by atoms with Crippen LogP contribution in [-0.2, 0) is 10.8 Å². The Morgan fingerprint density at radius 1 is 1.00 bits per heavy atom. The molecule has 1 unspecified atom stereocenters. The minimum atomic E-state index is -0.113. The summed E-state index contributed by atoms with van der Waals surface area (Å²) in [5, 5.41) is 15.9. The van der Waals surface area contributed by atoms with Gasteiger partial charge < -0.3 is 5.11 Å². The number of phenols is 1. The average Bonchev–Trinajstić information content (AvgIpc) is 3.21. The van der Waals surface area contributed by atoms with Crippen molar-refractivity contribution >= 4 is 5.71 Å². The molecule has 24 heavy (non-hydrogen) atoms. The van der Waals surface area contributed by atoms with Crippen LogP contribution in [0.25, 0.3) is 0 Å². The molecule has 2 aliphatic rings. The smallest absolute Gasteiger partial charge is 0.132 e. The van der Waals surface area contributed by atoms with E-state index in [1.54, 1.807) is 0 Å². The van der Waals surface area contributed by atoms with Crippen LogP contribution in [0.2, 0.25) is 0 Å². The van der Waals surface area contributed by atoms with E-state index < -0.39 is 0 Å². The van der Waals surface area contributed by atoms with Crippen LogP contribution < -0.4 is 0 Å². The van der Waals surface area contributed by atoms with Crippen LogP contribution in [0.4, 0.5) is 0 Å². The number of hydrogen-bond acceptors (Lipinski definition) is 2. The zero-order valence-corrected chi connectivity index (χ0v) is 16.1. The minimum Gasteiger partial charge on any atom is -0.507 e. The second-order valence-electron chi connectivity index (χ2n) is 9.55. The molecule has 1 aliphatic carbocycles. The van der Waals surface area contributed by atoms with E-state index >= 15 is 0 Å². The quantitative estimate of drug-likeness (QED) is 0.776. The third-order valence-electron chi connectivity index (χ3n) is 5.17. The van der Waals surface area contributed by atoms with Crippen LogP contribution >= 0.6 is 0 Å². The third-order valence-corrected chi connectivity index (χ3v) is 5.17. The predicted molar refractivity (Wildman–Crippen MR) is 100 cm³/mol. The lowest BCUT2D eigenvalue weighted by Gasteiger charge is -2.28. The monoisotopic (exact) mass is 327 g/mol. The molecule has 0 spiro atoms. The summed E-state index contributed by atoms with van der Waals surface area (Å²) in [5.74, 6) is 0.431. The summed E-state index contributed by atoms with van der Waals surface area (Å²) in [6.45, 7) is 12.9. The molecule has 1 aromatic rings. The van der Waals surface area contributed by atoms with Crippen molar-refractivity contribution in [2.75, 3.05) is 7.05 Å². The topological polar surface area (TPSA) is 32.6 Å². The number of rotatable bonds is 2. The van der Waals surface area contributed by atoms with Crippen molar-refractivity contribution in [2.45, 2.75) is 71.3 Å². The predicted octanol–water partition coefficient (Wildman–Crippen LogP) is 4.83. The van der Waals surface area contributed by atoms with Crippen molar-refractivity contribution in [1.29, 1.82) is 0 Å². The van der Waals surface area contributed by atoms with Crippen molar-refractivity contribution in [3.63, 3.8) is 0 Å². The van der Waals surface area contributed by atoms with Crippen molar-refractivity contribution < 1.29 is 9.70 Å². The molecule has 0 amide bonds. The summed E-state index contributed by atoms with van der Waals surface area (Å²) >= 11 is 0.